The average molecular weight is 517 g/mol. The van der Waals surface area contributed by atoms with Crippen LogP contribution in [0.2, 0.25) is 0 Å². The number of hydrogen-bond acceptors (Lipinski definition) is 8. The van der Waals surface area contributed by atoms with Crippen molar-refractivity contribution in [2.75, 3.05) is 6.54 Å². The summed E-state index contributed by atoms with van der Waals surface area (Å²) in [6.45, 7) is 0.779. The van der Waals surface area contributed by atoms with Crippen LogP contribution >= 0.6 is 0 Å². The normalized spacial score (nSPS) is 25.7. The van der Waals surface area contributed by atoms with Gasteiger partial charge in [-0.1, -0.05) is 12.8 Å². The van der Waals surface area contributed by atoms with E-state index in [1.54, 1.807) is 0 Å². The van der Waals surface area contributed by atoms with Gasteiger partial charge < -0.3 is 41.8 Å². The second-order valence-electron chi connectivity index (χ2n) is 5.34. The van der Waals surface area contributed by atoms with Crippen molar-refractivity contribution in [1.82, 2.24) is 0 Å². The molecule has 9 nitrogen and oxygen atoms in total. The zero-order valence-electron chi connectivity index (χ0n) is 12.6. The molecule has 138 valence electrons. The molecule has 1 aliphatic rings. The van der Waals surface area contributed by atoms with Gasteiger partial charge in [0.15, 0.2) is 12.4 Å². The second-order valence-corrected chi connectivity index (χ2v) is 5.34. The van der Waals surface area contributed by atoms with Crippen molar-refractivity contribution < 1.29 is 56.2 Å². The molecule has 0 amide bonds. The van der Waals surface area contributed by atoms with Gasteiger partial charge in [-0.05, 0) is 25.3 Å². The first-order valence-corrected chi connectivity index (χ1v) is 7.12. The van der Waals surface area contributed by atoms with E-state index in [-0.39, 0.29) is 27.4 Å². The maximum atomic E-state index is 10.1. The standard InChI is InChI=1S/C7H16N2.C6H10O7.Pt/c8-5-6-3-1-2-4-7(6)9;7-1-2(8)3(9)4(10)5(11)6(12)13;/h6-7H,1-5,8-9H2;1-5,8-11H,(H,12,13);/q;;+2/t;2-,3+,4-,5-;/m.0./s1. The van der Waals surface area contributed by atoms with E-state index >= 15 is 0 Å². The molecule has 0 spiro atoms. The molecular formula is C13H26N2O7Pt+2. The van der Waals surface area contributed by atoms with E-state index in [0.717, 1.165) is 6.54 Å². The quantitative estimate of drug-likeness (QED) is 0.182. The van der Waals surface area contributed by atoms with E-state index < -0.39 is 30.4 Å². The summed E-state index contributed by atoms with van der Waals surface area (Å²) in [6.07, 6.45) is -3.33. The molecule has 0 radical (unpaired) electrons. The fraction of sp³-hybridized carbons (Fsp3) is 0.846. The smallest absolute Gasteiger partial charge is 0.479 e. The van der Waals surface area contributed by atoms with Crippen LogP contribution in [0.4, 0.5) is 0 Å². The van der Waals surface area contributed by atoms with Gasteiger partial charge in [0.2, 0.25) is 0 Å². The summed E-state index contributed by atoms with van der Waals surface area (Å²) >= 11 is 0. The SMILES string of the molecule is NCC1CCCCC1N.O=C[C@H](O)[C@@H](O)[C@H](O)[C@H](O)C(=O)O.[Pt+2]. The van der Waals surface area contributed by atoms with Crippen molar-refractivity contribution in [3.8, 4) is 0 Å². The summed E-state index contributed by atoms with van der Waals surface area (Å²) in [4.78, 5) is 20.0. The third-order valence-corrected chi connectivity index (χ3v) is 3.69. The van der Waals surface area contributed by atoms with Crippen LogP contribution in [0, 0.1) is 5.92 Å². The Kier molecular flexibility index (Phi) is 14.0. The van der Waals surface area contributed by atoms with Gasteiger partial charge in [-0.15, -0.1) is 0 Å². The molecule has 1 rings (SSSR count). The van der Waals surface area contributed by atoms with Crippen molar-refractivity contribution in [3.05, 3.63) is 0 Å². The minimum atomic E-state index is -2.25. The molecule has 10 heteroatoms. The Labute approximate surface area is 148 Å². The molecule has 1 saturated carbocycles. The molecule has 0 heterocycles. The number of aldehydes is 1. The maximum Gasteiger partial charge on any atom is 2.00 e. The molecule has 0 saturated heterocycles. The summed E-state index contributed by atoms with van der Waals surface area (Å²) in [5.41, 5.74) is 11.3. The van der Waals surface area contributed by atoms with E-state index in [0.29, 0.717) is 12.0 Å². The number of carbonyl (C=O) groups is 2. The van der Waals surface area contributed by atoms with E-state index in [9.17, 15) is 9.59 Å². The van der Waals surface area contributed by atoms with Crippen LogP contribution in [0.5, 0.6) is 0 Å². The van der Waals surface area contributed by atoms with Crippen LogP contribution in [0.15, 0.2) is 0 Å². The predicted molar refractivity (Wildman–Crippen MR) is 76.7 cm³/mol. The van der Waals surface area contributed by atoms with Crippen LogP contribution in [0.3, 0.4) is 0 Å². The third kappa shape index (κ3) is 8.85. The fourth-order valence-corrected chi connectivity index (χ4v) is 2.14. The van der Waals surface area contributed by atoms with Crippen molar-refractivity contribution in [3.63, 3.8) is 0 Å². The number of carboxylic acid groups (broad SMARTS) is 1. The Balaban J connectivity index is 0. The zero-order valence-corrected chi connectivity index (χ0v) is 14.9. The molecule has 1 fully saturated rings. The molecule has 1 aliphatic carbocycles. The Morgan fingerprint density at radius 1 is 1.13 bits per heavy atom. The molecule has 0 bridgehead atoms. The number of aliphatic hydroxyl groups is 4. The third-order valence-electron chi connectivity index (χ3n) is 3.69. The summed E-state index contributed by atoms with van der Waals surface area (Å²) in [6, 6.07) is 0.392. The number of nitrogens with two attached hydrogens (primary N) is 2. The molecule has 6 atom stereocenters. The van der Waals surface area contributed by atoms with Gasteiger partial charge in [0.25, 0.3) is 0 Å². The summed E-state index contributed by atoms with van der Waals surface area (Å²) in [5.74, 6) is -1.15. The molecule has 0 aromatic rings. The zero-order chi connectivity index (χ0) is 17.3. The van der Waals surface area contributed by atoms with Crippen molar-refractivity contribution in [1.29, 1.82) is 0 Å². The van der Waals surface area contributed by atoms with Crippen LogP contribution < -0.4 is 11.5 Å². The monoisotopic (exact) mass is 517 g/mol. The summed E-state index contributed by atoms with van der Waals surface area (Å²) in [5, 5.41) is 43.2. The van der Waals surface area contributed by atoms with Crippen LogP contribution in [-0.4, -0.2) is 74.8 Å². The largest absolute Gasteiger partial charge is 2.00 e. The van der Waals surface area contributed by atoms with Gasteiger partial charge >= 0.3 is 27.0 Å². The van der Waals surface area contributed by atoms with E-state index in [1.165, 1.54) is 25.7 Å². The van der Waals surface area contributed by atoms with Crippen LogP contribution in [0.1, 0.15) is 25.7 Å². The molecule has 0 aliphatic heterocycles. The van der Waals surface area contributed by atoms with Gasteiger partial charge in [0.05, 0.1) is 0 Å². The summed E-state index contributed by atoms with van der Waals surface area (Å²) in [7, 11) is 0. The molecule has 0 aromatic heterocycles. The van der Waals surface area contributed by atoms with E-state index in [2.05, 4.69) is 0 Å². The van der Waals surface area contributed by atoms with E-state index in [1.807, 2.05) is 0 Å². The first-order chi connectivity index (χ1) is 10.3. The average Bonchev–Trinajstić information content (AvgIpc) is 2.52. The topological polar surface area (TPSA) is 187 Å². The van der Waals surface area contributed by atoms with Gasteiger partial charge in [0, 0.05) is 6.04 Å². The second kappa shape index (κ2) is 12.9. The number of aliphatic carboxylic acids is 1. The Hall–Kier alpha value is -0.412. The molecule has 0 aromatic carbocycles. The predicted octanol–water partition coefficient (Wildman–Crippen LogP) is -2.83. The van der Waals surface area contributed by atoms with Crippen LogP contribution in [-0.2, 0) is 30.7 Å². The van der Waals surface area contributed by atoms with Gasteiger partial charge in [-0.2, -0.15) is 0 Å². The minimum absolute atomic E-state index is 0. The minimum Gasteiger partial charge on any atom is -0.479 e. The summed E-state index contributed by atoms with van der Waals surface area (Å²) < 4.78 is 0. The molecular weight excluding hydrogens is 491 g/mol. The van der Waals surface area contributed by atoms with Crippen molar-refractivity contribution >= 4 is 12.3 Å². The fourth-order valence-electron chi connectivity index (χ4n) is 2.14. The number of carbonyl (C=O) groups excluding carboxylic acids is 1. The van der Waals surface area contributed by atoms with E-state index in [4.69, 9.17) is 37.0 Å². The molecule has 9 N–H and O–H groups in total. The van der Waals surface area contributed by atoms with Crippen molar-refractivity contribution in [2.45, 2.75) is 56.1 Å². The molecule has 23 heavy (non-hydrogen) atoms. The Bertz CT molecular complexity index is 348. The number of aliphatic hydroxyl groups excluding tert-OH is 4. The van der Waals surface area contributed by atoms with Crippen LogP contribution in [0.25, 0.3) is 0 Å². The number of carboxylic acids is 1. The first kappa shape index (κ1) is 24.8. The maximum absolute atomic E-state index is 10.1. The number of hydrogen-bond donors (Lipinski definition) is 7. The van der Waals surface area contributed by atoms with Gasteiger partial charge in [-0.25, -0.2) is 4.79 Å². The van der Waals surface area contributed by atoms with Crippen molar-refractivity contribution in [2.24, 2.45) is 17.4 Å². The Morgan fingerprint density at radius 2 is 1.65 bits per heavy atom. The van der Waals surface area contributed by atoms with Gasteiger partial charge in [0.1, 0.15) is 18.3 Å². The molecule has 2 unspecified atom stereocenters. The number of rotatable bonds is 6. The van der Waals surface area contributed by atoms with Gasteiger partial charge in [-0.3, -0.25) is 0 Å². The first-order valence-electron chi connectivity index (χ1n) is 7.12. The Morgan fingerprint density at radius 3 is 2.00 bits per heavy atom.